The van der Waals surface area contributed by atoms with Crippen LogP contribution >= 0.6 is 0 Å². The number of hydrazine groups is 1. The number of methoxy groups -OCH3 is 1. The van der Waals surface area contributed by atoms with Gasteiger partial charge in [-0.1, -0.05) is 0 Å². The number of amidine groups is 1. The summed E-state index contributed by atoms with van der Waals surface area (Å²) >= 11 is 0. The number of nitrogens with zero attached hydrogens (tertiary/aromatic N) is 1. The Bertz CT molecular complexity index is 400. The number of aliphatic imine (C=N–C) groups is 1. The van der Waals surface area contributed by atoms with E-state index in [0.717, 1.165) is 12.1 Å². The fourth-order valence-corrected chi connectivity index (χ4v) is 1.16. The maximum atomic E-state index is 13.0. The first kappa shape index (κ1) is 13.5. The van der Waals surface area contributed by atoms with Crippen molar-refractivity contribution in [3.05, 3.63) is 35.1 Å². The molecule has 0 saturated carbocycles. The van der Waals surface area contributed by atoms with Crippen LogP contribution in [0.1, 0.15) is 5.56 Å². The van der Waals surface area contributed by atoms with Gasteiger partial charge >= 0.3 is 0 Å². The first-order valence-corrected chi connectivity index (χ1v) is 4.75. The Morgan fingerprint density at radius 1 is 1.35 bits per heavy atom. The lowest BCUT2D eigenvalue weighted by Crippen LogP contribution is -2.32. The van der Waals surface area contributed by atoms with Crippen molar-refractivity contribution in [2.45, 2.75) is 0 Å². The molecular weight excluding hydrogens is 235 g/mol. The van der Waals surface area contributed by atoms with Crippen LogP contribution in [0.3, 0.4) is 0 Å². The van der Waals surface area contributed by atoms with Crippen molar-refractivity contribution in [1.29, 1.82) is 0 Å². The lowest BCUT2D eigenvalue weighted by atomic mass is 10.2. The third-order valence-corrected chi connectivity index (χ3v) is 1.96. The molecule has 0 radical (unpaired) electrons. The van der Waals surface area contributed by atoms with Crippen LogP contribution in [0.25, 0.3) is 0 Å². The van der Waals surface area contributed by atoms with E-state index >= 15 is 0 Å². The van der Waals surface area contributed by atoms with E-state index in [4.69, 9.17) is 10.6 Å². The van der Waals surface area contributed by atoms with Crippen LogP contribution in [0.5, 0.6) is 0 Å². The van der Waals surface area contributed by atoms with Crippen molar-refractivity contribution < 1.29 is 17.9 Å². The number of hydrogen-bond acceptors (Lipinski definition) is 3. The van der Waals surface area contributed by atoms with Crippen LogP contribution in [0.15, 0.2) is 17.1 Å². The Labute approximate surface area is 96.3 Å². The molecular formula is C10H12F3N3O. The highest BCUT2D eigenvalue weighted by Crippen LogP contribution is 2.13. The molecule has 0 atom stereocenters. The zero-order valence-electron chi connectivity index (χ0n) is 9.14. The number of nitrogens with two attached hydrogens (primary N) is 1. The van der Waals surface area contributed by atoms with Crippen molar-refractivity contribution in [1.82, 2.24) is 5.43 Å². The highest BCUT2D eigenvalue weighted by Gasteiger charge is 2.13. The summed E-state index contributed by atoms with van der Waals surface area (Å²) in [5, 5.41) is 0. The topological polar surface area (TPSA) is 59.6 Å². The molecule has 0 spiro atoms. The molecule has 0 unspecified atom stereocenters. The molecule has 0 aromatic heterocycles. The Morgan fingerprint density at radius 3 is 2.41 bits per heavy atom. The zero-order valence-corrected chi connectivity index (χ0v) is 9.14. The summed E-state index contributed by atoms with van der Waals surface area (Å²) in [6.45, 7) is 0.591. The van der Waals surface area contributed by atoms with Gasteiger partial charge in [-0.2, -0.15) is 0 Å². The van der Waals surface area contributed by atoms with Gasteiger partial charge in [0.25, 0.3) is 0 Å². The lowest BCUT2D eigenvalue weighted by molar-refractivity contribution is 0.208. The number of benzene rings is 1. The van der Waals surface area contributed by atoms with Crippen LogP contribution < -0.4 is 11.3 Å². The maximum Gasteiger partial charge on any atom is 0.194 e. The fourth-order valence-electron chi connectivity index (χ4n) is 1.16. The highest BCUT2D eigenvalue weighted by molar-refractivity contribution is 5.98. The summed E-state index contributed by atoms with van der Waals surface area (Å²) in [6.07, 6.45) is 0. The number of rotatable bonds is 4. The van der Waals surface area contributed by atoms with Crippen LogP contribution in [0.2, 0.25) is 0 Å². The number of halogens is 3. The molecule has 1 rings (SSSR count). The second kappa shape index (κ2) is 6.21. The van der Waals surface area contributed by atoms with E-state index in [1.807, 2.05) is 0 Å². The second-order valence-electron chi connectivity index (χ2n) is 3.12. The summed E-state index contributed by atoms with van der Waals surface area (Å²) < 4.78 is 43.4. The molecule has 7 heteroatoms. The monoisotopic (exact) mass is 247 g/mol. The van der Waals surface area contributed by atoms with E-state index in [-0.39, 0.29) is 17.9 Å². The van der Waals surface area contributed by atoms with Gasteiger partial charge in [0, 0.05) is 12.7 Å². The Hall–Kier alpha value is -1.60. The van der Waals surface area contributed by atoms with Gasteiger partial charge < -0.3 is 10.2 Å². The SMILES string of the molecule is COCCN=C(NN)c1cc(F)c(F)c(F)c1. The summed E-state index contributed by atoms with van der Waals surface area (Å²) in [7, 11) is 1.49. The smallest absolute Gasteiger partial charge is 0.194 e. The van der Waals surface area contributed by atoms with Crippen LogP contribution in [-0.4, -0.2) is 26.1 Å². The zero-order chi connectivity index (χ0) is 12.8. The standard InChI is InChI=1S/C10H12F3N3O/c1-17-3-2-15-10(16-14)6-4-7(11)9(13)8(12)5-6/h4-5H,2-3,14H2,1H3,(H,15,16). The third-order valence-electron chi connectivity index (χ3n) is 1.96. The first-order chi connectivity index (χ1) is 8.10. The maximum absolute atomic E-state index is 13.0. The summed E-state index contributed by atoms with van der Waals surface area (Å²) in [4.78, 5) is 3.91. The lowest BCUT2D eigenvalue weighted by Gasteiger charge is -2.07. The minimum absolute atomic E-state index is 0.0278. The van der Waals surface area contributed by atoms with Gasteiger partial charge in [-0.3, -0.25) is 4.99 Å². The van der Waals surface area contributed by atoms with Crippen molar-refractivity contribution in [3.8, 4) is 0 Å². The highest BCUT2D eigenvalue weighted by atomic mass is 19.2. The summed E-state index contributed by atoms with van der Waals surface area (Å²) in [5.74, 6) is 1.10. The Balaban J connectivity index is 3.00. The molecule has 17 heavy (non-hydrogen) atoms. The largest absolute Gasteiger partial charge is 0.383 e. The molecule has 0 aliphatic rings. The van der Waals surface area contributed by atoms with Crippen molar-refractivity contribution in [2.75, 3.05) is 20.3 Å². The van der Waals surface area contributed by atoms with Gasteiger partial charge in [-0.15, -0.1) is 0 Å². The van der Waals surface area contributed by atoms with Crippen molar-refractivity contribution >= 4 is 5.84 Å². The second-order valence-corrected chi connectivity index (χ2v) is 3.12. The van der Waals surface area contributed by atoms with E-state index in [1.54, 1.807) is 0 Å². The average molecular weight is 247 g/mol. The van der Waals surface area contributed by atoms with E-state index < -0.39 is 17.5 Å². The molecule has 0 saturated heterocycles. The average Bonchev–Trinajstić information content (AvgIpc) is 2.31. The molecule has 0 amide bonds. The van der Waals surface area contributed by atoms with E-state index in [2.05, 4.69) is 10.4 Å². The molecule has 1 aromatic carbocycles. The summed E-state index contributed by atoms with van der Waals surface area (Å²) in [5.41, 5.74) is 2.22. The molecule has 0 aliphatic carbocycles. The number of nitrogens with one attached hydrogen (secondary N) is 1. The van der Waals surface area contributed by atoms with E-state index in [1.165, 1.54) is 7.11 Å². The van der Waals surface area contributed by atoms with E-state index in [0.29, 0.717) is 6.61 Å². The Kier molecular flexibility index (Phi) is 4.92. The van der Waals surface area contributed by atoms with Crippen LogP contribution in [0.4, 0.5) is 13.2 Å². The molecule has 0 heterocycles. The normalized spacial score (nSPS) is 11.7. The van der Waals surface area contributed by atoms with Gasteiger partial charge in [0.05, 0.1) is 13.2 Å². The van der Waals surface area contributed by atoms with Crippen molar-refractivity contribution in [2.24, 2.45) is 10.8 Å². The van der Waals surface area contributed by atoms with Crippen LogP contribution in [0, 0.1) is 17.5 Å². The fraction of sp³-hybridized carbons (Fsp3) is 0.300. The minimum Gasteiger partial charge on any atom is -0.383 e. The minimum atomic E-state index is -1.53. The number of hydrogen-bond donors (Lipinski definition) is 2. The van der Waals surface area contributed by atoms with Gasteiger partial charge in [-0.25, -0.2) is 19.0 Å². The van der Waals surface area contributed by atoms with Gasteiger partial charge in [0.2, 0.25) is 0 Å². The molecule has 1 aromatic rings. The molecule has 0 aliphatic heterocycles. The molecule has 3 N–H and O–H groups in total. The molecule has 0 fully saturated rings. The third kappa shape index (κ3) is 3.43. The van der Waals surface area contributed by atoms with E-state index in [9.17, 15) is 13.2 Å². The number of ether oxygens (including phenoxy) is 1. The predicted molar refractivity (Wildman–Crippen MR) is 56.9 cm³/mol. The summed E-state index contributed by atoms with van der Waals surface area (Å²) in [6, 6.07) is 1.62. The van der Waals surface area contributed by atoms with Crippen molar-refractivity contribution in [3.63, 3.8) is 0 Å². The molecule has 0 bridgehead atoms. The van der Waals surface area contributed by atoms with Gasteiger partial charge in [-0.05, 0) is 12.1 Å². The predicted octanol–water partition coefficient (Wildman–Crippen LogP) is 0.960. The molecule has 4 nitrogen and oxygen atoms in total. The molecule has 94 valence electrons. The van der Waals surface area contributed by atoms with Crippen LogP contribution in [-0.2, 0) is 4.74 Å². The van der Waals surface area contributed by atoms with Gasteiger partial charge in [0.15, 0.2) is 17.5 Å². The first-order valence-electron chi connectivity index (χ1n) is 4.75. The van der Waals surface area contributed by atoms with Gasteiger partial charge in [0.1, 0.15) is 5.84 Å². The Morgan fingerprint density at radius 2 is 1.94 bits per heavy atom. The quantitative estimate of drug-likeness (QED) is 0.208.